The summed E-state index contributed by atoms with van der Waals surface area (Å²) in [6.45, 7) is 2.43. The largest absolute Gasteiger partial charge is 0.466 e. The molecule has 22 heavy (non-hydrogen) atoms. The van der Waals surface area contributed by atoms with Gasteiger partial charge in [0.1, 0.15) is 11.5 Å². The number of aliphatic hydroxyl groups is 1. The van der Waals surface area contributed by atoms with E-state index in [-0.39, 0.29) is 18.1 Å². The predicted molar refractivity (Wildman–Crippen MR) is 84.5 cm³/mol. The fourth-order valence-corrected chi connectivity index (χ4v) is 4.09. The zero-order valence-electron chi connectivity index (χ0n) is 13.5. The maximum absolute atomic E-state index is 12.6. The molecule has 1 saturated carbocycles. The van der Waals surface area contributed by atoms with Crippen molar-refractivity contribution < 1.29 is 14.3 Å². The molecular weight excluding hydrogens is 278 g/mol. The van der Waals surface area contributed by atoms with Gasteiger partial charge < -0.3 is 14.4 Å². The van der Waals surface area contributed by atoms with Crippen LogP contribution in [0.2, 0.25) is 0 Å². The van der Waals surface area contributed by atoms with Crippen molar-refractivity contribution in [3.8, 4) is 0 Å². The van der Waals surface area contributed by atoms with Crippen LogP contribution in [0.3, 0.4) is 0 Å². The number of nitrogens with zero attached hydrogens (tertiary/aromatic N) is 1. The lowest BCUT2D eigenvalue weighted by atomic mass is 9.82. The normalized spacial score (nSPS) is 26.5. The second-order valence-corrected chi connectivity index (χ2v) is 6.91. The molecule has 0 aromatic carbocycles. The third-order valence-corrected chi connectivity index (χ3v) is 5.22. The average molecular weight is 305 g/mol. The number of furan rings is 1. The van der Waals surface area contributed by atoms with Gasteiger partial charge in [-0.2, -0.15) is 0 Å². The zero-order valence-corrected chi connectivity index (χ0v) is 13.5. The Hall–Kier alpha value is -1.29. The molecule has 0 spiro atoms. The number of hydrogen-bond acceptors (Lipinski definition) is 3. The van der Waals surface area contributed by atoms with E-state index in [0.717, 1.165) is 17.9 Å². The van der Waals surface area contributed by atoms with Crippen LogP contribution in [-0.2, 0) is 11.2 Å². The van der Waals surface area contributed by atoms with Crippen molar-refractivity contribution in [1.82, 2.24) is 4.90 Å². The quantitative estimate of drug-likeness (QED) is 0.930. The molecule has 2 atom stereocenters. The number of carbonyl (C=O) groups is 1. The SMILES string of the molecule is Cc1ccc(CCC(=O)N2CC(O)CC2C2CCCCC2)o1. The Labute approximate surface area is 132 Å². The Morgan fingerprint density at radius 2 is 2.09 bits per heavy atom. The monoisotopic (exact) mass is 305 g/mol. The summed E-state index contributed by atoms with van der Waals surface area (Å²) in [4.78, 5) is 14.6. The number of carbonyl (C=O) groups excluding carboxylic acids is 1. The van der Waals surface area contributed by atoms with Gasteiger partial charge in [0, 0.05) is 25.4 Å². The topological polar surface area (TPSA) is 53.7 Å². The van der Waals surface area contributed by atoms with Gasteiger partial charge in [0.05, 0.1) is 6.10 Å². The van der Waals surface area contributed by atoms with Crippen molar-refractivity contribution in [1.29, 1.82) is 0 Å². The number of hydrogen-bond donors (Lipinski definition) is 1. The third kappa shape index (κ3) is 3.54. The van der Waals surface area contributed by atoms with Gasteiger partial charge in [-0.1, -0.05) is 19.3 Å². The predicted octanol–water partition coefficient (Wildman–Crippen LogP) is 3.06. The molecule has 0 radical (unpaired) electrons. The number of likely N-dealkylation sites (tertiary alicyclic amines) is 1. The summed E-state index contributed by atoms with van der Waals surface area (Å²) in [5, 5.41) is 10.0. The van der Waals surface area contributed by atoms with E-state index in [0.29, 0.717) is 25.3 Å². The molecular formula is C18H27NO3. The lowest BCUT2D eigenvalue weighted by Gasteiger charge is -2.33. The molecule has 4 heteroatoms. The van der Waals surface area contributed by atoms with E-state index in [1.54, 1.807) is 0 Å². The molecule has 2 unspecified atom stereocenters. The highest BCUT2D eigenvalue weighted by Gasteiger charge is 2.38. The fourth-order valence-electron chi connectivity index (χ4n) is 4.09. The van der Waals surface area contributed by atoms with Gasteiger partial charge in [-0.05, 0) is 44.2 Å². The van der Waals surface area contributed by atoms with Gasteiger partial charge in [-0.3, -0.25) is 4.79 Å². The first-order valence-corrected chi connectivity index (χ1v) is 8.66. The molecule has 4 nitrogen and oxygen atoms in total. The Balaban J connectivity index is 1.59. The maximum Gasteiger partial charge on any atom is 0.223 e. The summed E-state index contributed by atoms with van der Waals surface area (Å²) in [5.41, 5.74) is 0. The third-order valence-electron chi connectivity index (χ3n) is 5.22. The van der Waals surface area contributed by atoms with Gasteiger partial charge in [0.15, 0.2) is 0 Å². The number of aryl methyl sites for hydroxylation is 2. The van der Waals surface area contributed by atoms with E-state index in [4.69, 9.17) is 4.42 Å². The molecule has 1 aliphatic heterocycles. The Morgan fingerprint density at radius 1 is 1.32 bits per heavy atom. The van der Waals surface area contributed by atoms with Gasteiger partial charge in [0.25, 0.3) is 0 Å². The minimum Gasteiger partial charge on any atom is -0.466 e. The standard InChI is InChI=1S/C18H27NO3/c1-13-7-8-16(22-13)9-10-18(21)19-12-15(20)11-17(19)14-5-3-2-4-6-14/h7-8,14-15,17,20H,2-6,9-12H2,1H3. The first-order chi connectivity index (χ1) is 10.6. The zero-order chi connectivity index (χ0) is 15.5. The Morgan fingerprint density at radius 3 is 2.77 bits per heavy atom. The summed E-state index contributed by atoms with van der Waals surface area (Å²) in [6.07, 6.45) is 7.81. The maximum atomic E-state index is 12.6. The molecule has 1 saturated heterocycles. The van der Waals surface area contributed by atoms with Crippen LogP contribution in [0.25, 0.3) is 0 Å². The molecule has 2 aliphatic rings. The summed E-state index contributed by atoms with van der Waals surface area (Å²) in [6, 6.07) is 4.13. The number of rotatable bonds is 4. The van der Waals surface area contributed by atoms with E-state index in [1.807, 2.05) is 24.0 Å². The highest BCUT2D eigenvalue weighted by Crippen LogP contribution is 2.34. The summed E-state index contributed by atoms with van der Waals surface area (Å²) in [5.74, 6) is 2.51. The van der Waals surface area contributed by atoms with Crippen molar-refractivity contribution in [3.63, 3.8) is 0 Å². The number of β-amino-alcohol motifs (C(OH)–C–C–N with tert-alkyl or cyclic N) is 1. The molecule has 1 aromatic rings. The molecule has 122 valence electrons. The molecule has 1 aromatic heterocycles. The highest BCUT2D eigenvalue weighted by molar-refractivity contribution is 5.77. The van der Waals surface area contributed by atoms with Gasteiger partial charge >= 0.3 is 0 Å². The molecule has 1 amide bonds. The van der Waals surface area contributed by atoms with Gasteiger partial charge in [-0.25, -0.2) is 0 Å². The molecule has 1 aliphatic carbocycles. The van der Waals surface area contributed by atoms with Crippen molar-refractivity contribution in [2.45, 2.75) is 70.4 Å². The van der Waals surface area contributed by atoms with Crippen molar-refractivity contribution in [2.75, 3.05) is 6.54 Å². The number of amides is 1. The van der Waals surface area contributed by atoms with Crippen LogP contribution in [0, 0.1) is 12.8 Å². The van der Waals surface area contributed by atoms with Gasteiger partial charge in [-0.15, -0.1) is 0 Å². The van der Waals surface area contributed by atoms with Gasteiger partial charge in [0.2, 0.25) is 5.91 Å². The minimum absolute atomic E-state index is 0.168. The highest BCUT2D eigenvalue weighted by atomic mass is 16.3. The Kier molecular flexibility index (Phi) is 4.87. The minimum atomic E-state index is -0.346. The van der Waals surface area contributed by atoms with Crippen LogP contribution in [-0.4, -0.2) is 34.6 Å². The van der Waals surface area contributed by atoms with Crippen molar-refractivity contribution >= 4 is 5.91 Å². The average Bonchev–Trinajstić information content (AvgIpc) is 3.11. The smallest absolute Gasteiger partial charge is 0.223 e. The van der Waals surface area contributed by atoms with Crippen molar-refractivity contribution in [3.05, 3.63) is 23.7 Å². The Bertz CT molecular complexity index is 504. The summed E-state index contributed by atoms with van der Waals surface area (Å²) in [7, 11) is 0. The van der Waals surface area contributed by atoms with Crippen LogP contribution in [0.4, 0.5) is 0 Å². The first-order valence-electron chi connectivity index (χ1n) is 8.66. The molecule has 1 N–H and O–H groups in total. The summed E-state index contributed by atoms with van der Waals surface area (Å²) >= 11 is 0. The van der Waals surface area contributed by atoms with E-state index >= 15 is 0 Å². The van der Waals surface area contributed by atoms with E-state index in [2.05, 4.69) is 0 Å². The second kappa shape index (κ2) is 6.86. The second-order valence-electron chi connectivity index (χ2n) is 6.91. The van der Waals surface area contributed by atoms with Crippen LogP contribution in [0.1, 0.15) is 56.5 Å². The lowest BCUT2D eigenvalue weighted by Crippen LogP contribution is -2.41. The molecule has 2 heterocycles. The van der Waals surface area contributed by atoms with Crippen LogP contribution >= 0.6 is 0 Å². The van der Waals surface area contributed by atoms with E-state index < -0.39 is 0 Å². The van der Waals surface area contributed by atoms with Crippen molar-refractivity contribution in [2.24, 2.45) is 5.92 Å². The van der Waals surface area contributed by atoms with Crippen LogP contribution in [0.15, 0.2) is 16.5 Å². The fraction of sp³-hybridized carbons (Fsp3) is 0.722. The van der Waals surface area contributed by atoms with E-state index in [1.165, 1.54) is 32.1 Å². The van der Waals surface area contributed by atoms with Crippen LogP contribution < -0.4 is 0 Å². The van der Waals surface area contributed by atoms with E-state index in [9.17, 15) is 9.90 Å². The number of aliphatic hydroxyl groups excluding tert-OH is 1. The summed E-state index contributed by atoms with van der Waals surface area (Å²) < 4.78 is 5.54. The lowest BCUT2D eigenvalue weighted by molar-refractivity contribution is -0.133. The molecule has 2 fully saturated rings. The first kappa shape index (κ1) is 15.6. The molecule has 3 rings (SSSR count). The molecule has 0 bridgehead atoms. The van der Waals surface area contributed by atoms with Crippen LogP contribution in [0.5, 0.6) is 0 Å².